The van der Waals surface area contributed by atoms with Crippen LogP contribution < -0.4 is 5.14 Å². The summed E-state index contributed by atoms with van der Waals surface area (Å²) < 4.78 is 22.2. The van der Waals surface area contributed by atoms with Gasteiger partial charge >= 0.3 is 0 Å². The standard InChI is InChI=1S/C16H27N3O2S/c1-14-12-19(13-15-6-4-3-5-7-15)9-8-16(14)18(2)10-11-22(17,20)21/h3-7,14,16H,8-13H2,1-2H3,(H2,17,20,21). The maximum absolute atomic E-state index is 11.1. The van der Waals surface area contributed by atoms with Gasteiger partial charge in [-0.25, -0.2) is 13.6 Å². The summed E-state index contributed by atoms with van der Waals surface area (Å²) in [5, 5.41) is 5.09. The third kappa shape index (κ3) is 5.35. The average molecular weight is 325 g/mol. The van der Waals surface area contributed by atoms with E-state index in [1.54, 1.807) is 0 Å². The van der Waals surface area contributed by atoms with Gasteiger partial charge in [0.25, 0.3) is 0 Å². The van der Waals surface area contributed by atoms with Crippen LogP contribution in [0.15, 0.2) is 30.3 Å². The second kappa shape index (κ2) is 7.55. The molecule has 0 amide bonds. The van der Waals surface area contributed by atoms with Crippen molar-refractivity contribution >= 4 is 10.0 Å². The van der Waals surface area contributed by atoms with Crippen molar-refractivity contribution in [2.24, 2.45) is 11.1 Å². The van der Waals surface area contributed by atoms with E-state index in [4.69, 9.17) is 5.14 Å². The molecule has 0 bridgehead atoms. The van der Waals surface area contributed by atoms with Crippen LogP contribution in [0.5, 0.6) is 0 Å². The third-order valence-corrected chi connectivity index (χ3v) is 5.24. The molecule has 2 rings (SSSR count). The monoisotopic (exact) mass is 325 g/mol. The number of hydrogen-bond donors (Lipinski definition) is 1. The zero-order valence-electron chi connectivity index (χ0n) is 13.5. The van der Waals surface area contributed by atoms with Gasteiger partial charge in [-0.15, -0.1) is 0 Å². The third-order valence-electron chi connectivity index (χ3n) is 4.49. The van der Waals surface area contributed by atoms with E-state index in [1.807, 2.05) is 13.1 Å². The number of nitrogens with zero attached hydrogens (tertiary/aromatic N) is 2. The summed E-state index contributed by atoms with van der Waals surface area (Å²) in [6.07, 6.45) is 1.06. The van der Waals surface area contributed by atoms with Crippen LogP contribution in [0.1, 0.15) is 18.9 Å². The lowest BCUT2D eigenvalue weighted by atomic mass is 9.92. The summed E-state index contributed by atoms with van der Waals surface area (Å²) >= 11 is 0. The Labute approximate surface area is 134 Å². The first-order valence-electron chi connectivity index (χ1n) is 7.82. The van der Waals surface area contributed by atoms with E-state index in [0.717, 1.165) is 26.1 Å². The highest BCUT2D eigenvalue weighted by Gasteiger charge is 2.29. The molecule has 1 saturated heterocycles. The Morgan fingerprint density at radius 2 is 2.00 bits per heavy atom. The fourth-order valence-electron chi connectivity index (χ4n) is 3.30. The van der Waals surface area contributed by atoms with Crippen molar-refractivity contribution in [2.75, 3.05) is 32.4 Å². The molecule has 0 spiro atoms. The highest BCUT2D eigenvalue weighted by atomic mass is 32.2. The largest absolute Gasteiger partial charge is 0.302 e. The van der Waals surface area contributed by atoms with Crippen molar-refractivity contribution in [3.8, 4) is 0 Å². The minimum atomic E-state index is -3.38. The quantitative estimate of drug-likeness (QED) is 0.851. The fourth-order valence-corrected chi connectivity index (χ4v) is 3.84. The summed E-state index contributed by atoms with van der Waals surface area (Å²) in [6, 6.07) is 10.9. The summed E-state index contributed by atoms with van der Waals surface area (Å²) in [5.41, 5.74) is 1.34. The number of nitrogens with two attached hydrogens (primary N) is 1. The van der Waals surface area contributed by atoms with Crippen LogP contribution in [-0.4, -0.2) is 56.7 Å². The lowest BCUT2D eigenvalue weighted by molar-refractivity contribution is 0.0793. The summed E-state index contributed by atoms with van der Waals surface area (Å²) in [6.45, 7) is 5.82. The maximum Gasteiger partial charge on any atom is 0.210 e. The number of likely N-dealkylation sites (tertiary alicyclic amines) is 1. The Morgan fingerprint density at radius 3 is 2.59 bits per heavy atom. The smallest absolute Gasteiger partial charge is 0.210 e. The Hall–Kier alpha value is -0.950. The van der Waals surface area contributed by atoms with Gasteiger partial charge in [0.2, 0.25) is 10.0 Å². The SMILES string of the molecule is CC1CN(Cc2ccccc2)CCC1N(C)CCS(N)(=O)=O. The van der Waals surface area contributed by atoms with Gasteiger partial charge in [-0.05, 0) is 31.5 Å². The van der Waals surface area contributed by atoms with E-state index in [9.17, 15) is 8.42 Å². The highest BCUT2D eigenvalue weighted by Crippen LogP contribution is 2.22. The van der Waals surface area contributed by atoms with Crippen molar-refractivity contribution in [3.63, 3.8) is 0 Å². The van der Waals surface area contributed by atoms with Gasteiger partial charge in [-0.1, -0.05) is 37.3 Å². The first-order valence-corrected chi connectivity index (χ1v) is 9.53. The molecular formula is C16H27N3O2S. The molecule has 1 aliphatic heterocycles. The molecule has 2 atom stereocenters. The van der Waals surface area contributed by atoms with Crippen LogP contribution in [0.2, 0.25) is 0 Å². The van der Waals surface area contributed by atoms with Gasteiger partial charge in [0.1, 0.15) is 0 Å². The molecule has 1 aromatic carbocycles. The van der Waals surface area contributed by atoms with Crippen LogP contribution in [0.25, 0.3) is 0 Å². The average Bonchev–Trinajstić information content (AvgIpc) is 2.45. The molecule has 124 valence electrons. The Bertz CT molecular complexity index is 562. The van der Waals surface area contributed by atoms with E-state index in [1.165, 1.54) is 5.56 Å². The molecule has 5 nitrogen and oxygen atoms in total. The normalized spacial score (nSPS) is 23.8. The molecule has 0 aromatic heterocycles. The molecule has 2 unspecified atom stereocenters. The van der Waals surface area contributed by atoms with E-state index < -0.39 is 10.0 Å². The maximum atomic E-state index is 11.1. The predicted molar refractivity (Wildman–Crippen MR) is 89.9 cm³/mol. The van der Waals surface area contributed by atoms with Gasteiger partial charge in [-0.2, -0.15) is 0 Å². The van der Waals surface area contributed by atoms with Crippen molar-refractivity contribution < 1.29 is 8.42 Å². The van der Waals surface area contributed by atoms with Gasteiger partial charge in [0.05, 0.1) is 5.75 Å². The Morgan fingerprint density at radius 1 is 1.32 bits per heavy atom. The highest BCUT2D eigenvalue weighted by molar-refractivity contribution is 7.89. The molecule has 0 aliphatic carbocycles. The van der Waals surface area contributed by atoms with Crippen LogP contribution in [0.3, 0.4) is 0 Å². The molecule has 0 radical (unpaired) electrons. The van der Waals surface area contributed by atoms with Crippen molar-refractivity contribution in [2.45, 2.75) is 25.9 Å². The van der Waals surface area contributed by atoms with Crippen molar-refractivity contribution in [3.05, 3.63) is 35.9 Å². The predicted octanol–water partition coefficient (Wildman–Crippen LogP) is 1.12. The minimum Gasteiger partial charge on any atom is -0.302 e. The molecule has 1 heterocycles. The second-order valence-electron chi connectivity index (χ2n) is 6.40. The van der Waals surface area contributed by atoms with E-state index in [-0.39, 0.29) is 5.75 Å². The van der Waals surface area contributed by atoms with Gasteiger partial charge < -0.3 is 4.90 Å². The van der Waals surface area contributed by atoms with Gasteiger partial charge in [0, 0.05) is 25.7 Å². The van der Waals surface area contributed by atoms with Gasteiger partial charge in [-0.3, -0.25) is 4.90 Å². The molecule has 1 aliphatic rings. The van der Waals surface area contributed by atoms with E-state index >= 15 is 0 Å². The molecular weight excluding hydrogens is 298 g/mol. The molecule has 1 fully saturated rings. The zero-order valence-corrected chi connectivity index (χ0v) is 14.3. The Kier molecular flexibility index (Phi) is 5.97. The van der Waals surface area contributed by atoms with Crippen LogP contribution in [0, 0.1) is 5.92 Å². The van der Waals surface area contributed by atoms with E-state index in [2.05, 4.69) is 41.0 Å². The molecule has 22 heavy (non-hydrogen) atoms. The summed E-state index contributed by atoms with van der Waals surface area (Å²) in [5.74, 6) is 0.545. The summed E-state index contributed by atoms with van der Waals surface area (Å²) in [4.78, 5) is 4.62. The van der Waals surface area contributed by atoms with Crippen LogP contribution in [-0.2, 0) is 16.6 Å². The molecule has 1 aromatic rings. The van der Waals surface area contributed by atoms with E-state index in [0.29, 0.717) is 18.5 Å². The number of piperidine rings is 1. The first-order chi connectivity index (χ1) is 10.3. The zero-order chi connectivity index (χ0) is 16.2. The fraction of sp³-hybridized carbons (Fsp3) is 0.625. The second-order valence-corrected chi connectivity index (χ2v) is 8.14. The molecule has 6 heteroatoms. The number of hydrogen-bond acceptors (Lipinski definition) is 4. The first kappa shape index (κ1) is 17.4. The number of benzene rings is 1. The van der Waals surface area contributed by atoms with Crippen LogP contribution >= 0.6 is 0 Å². The Balaban J connectivity index is 1.84. The van der Waals surface area contributed by atoms with Crippen molar-refractivity contribution in [1.82, 2.24) is 9.80 Å². The van der Waals surface area contributed by atoms with Gasteiger partial charge in [0.15, 0.2) is 0 Å². The van der Waals surface area contributed by atoms with Crippen molar-refractivity contribution in [1.29, 1.82) is 0 Å². The lowest BCUT2D eigenvalue weighted by Gasteiger charge is -2.41. The topological polar surface area (TPSA) is 66.6 Å². The number of primary sulfonamides is 1. The summed E-state index contributed by atoms with van der Waals surface area (Å²) in [7, 11) is -1.38. The number of rotatable bonds is 6. The number of sulfonamides is 1. The lowest BCUT2D eigenvalue weighted by Crippen LogP contribution is -2.49. The minimum absolute atomic E-state index is 0.0282. The van der Waals surface area contributed by atoms with Crippen LogP contribution in [0.4, 0.5) is 0 Å². The molecule has 0 saturated carbocycles. The molecule has 2 N–H and O–H groups in total.